The van der Waals surface area contributed by atoms with Crippen LogP contribution >= 0.6 is 0 Å². The number of nitrogens with two attached hydrogens (primary N) is 2. The van der Waals surface area contributed by atoms with Gasteiger partial charge >= 0.3 is 0 Å². The molecule has 8 nitrogen and oxygen atoms in total. The van der Waals surface area contributed by atoms with Gasteiger partial charge < -0.3 is 26.1 Å². The van der Waals surface area contributed by atoms with Gasteiger partial charge in [0, 0.05) is 23.9 Å². The number of hydrogen-bond acceptors (Lipinski definition) is 7. The van der Waals surface area contributed by atoms with Crippen molar-refractivity contribution in [2.24, 2.45) is 11.6 Å². The Bertz CT molecular complexity index is 689. The second kappa shape index (κ2) is 9.45. The molecule has 0 radical (unpaired) electrons. The number of carbonyl (C=O) groups excluding carboxylic acids is 1. The molecule has 1 aliphatic rings. The normalized spacial score (nSPS) is 14.1. The lowest BCUT2D eigenvalue weighted by atomic mass is 9.93. The van der Waals surface area contributed by atoms with Gasteiger partial charge in [-0.05, 0) is 19.3 Å². The summed E-state index contributed by atoms with van der Waals surface area (Å²) in [7, 11) is 0. The van der Waals surface area contributed by atoms with Gasteiger partial charge in [0.25, 0.3) is 5.91 Å². The van der Waals surface area contributed by atoms with Gasteiger partial charge in [0.1, 0.15) is 0 Å². The first kappa shape index (κ1) is 18.5. The number of aliphatic hydroxyl groups is 1. The summed E-state index contributed by atoms with van der Waals surface area (Å²) >= 11 is 0. The Morgan fingerprint density at radius 2 is 2.08 bits per heavy atom. The number of hydrazine groups is 1. The van der Waals surface area contributed by atoms with E-state index < -0.39 is 0 Å². The smallest absolute Gasteiger partial charge is 0.273 e. The highest BCUT2D eigenvalue weighted by atomic mass is 16.5. The third-order valence-corrected chi connectivity index (χ3v) is 3.80. The number of aliphatic hydroxyl groups excluding tert-OH is 1. The topological polar surface area (TPSA) is 139 Å². The van der Waals surface area contributed by atoms with E-state index in [1.165, 1.54) is 12.6 Å². The number of benzene rings is 1. The van der Waals surface area contributed by atoms with Gasteiger partial charge in [-0.1, -0.05) is 35.5 Å². The first-order valence-electron chi connectivity index (χ1n) is 7.99. The van der Waals surface area contributed by atoms with E-state index >= 15 is 0 Å². The van der Waals surface area contributed by atoms with E-state index in [4.69, 9.17) is 21.2 Å². The van der Waals surface area contributed by atoms with Crippen LogP contribution in [0, 0.1) is 0 Å². The molecule has 0 aliphatic heterocycles. The van der Waals surface area contributed by atoms with Crippen molar-refractivity contribution in [3.05, 3.63) is 54.0 Å². The zero-order valence-corrected chi connectivity index (χ0v) is 13.8. The van der Waals surface area contributed by atoms with Crippen molar-refractivity contribution in [1.82, 2.24) is 15.9 Å². The number of aromatic nitrogens is 1. The number of hydrogen-bond donors (Lipinski definition) is 5. The average Bonchev–Trinajstić information content (AvgIpc) is 3.11. The molecular weight excluding hydrogens is 322 g/mol. The van der Waals surface area contributed by atoms with Gasteiger partial charge in [-0.15, -0.1) is 0 Å². The van der Waals surface area contributed by atoms with Crippen LogP contribution in [0.1, 0.15) is 29.8 Å². The van der Waals surface area contributed by atoms with Crippen LogP contribution < -0.4 is 22.3 Å². The van der Waals surface area contributed by atoms with Crippen LogP contribution in [-0.2, 0) is 0 Å². The van der Waals surface area contributed by atoms with E-state index in [1.54, 1.807) is 6.07 Å². The standard InChI is InChI=1S/C14H14N2O2.C3H9N3O/c17-14(15-11-7-4-8-11)12-9-13(18-16-12)10-5-2-1-3-6-10;4-1-3(2-7)6-5/h1-3,5-6,9,11H,4,7-8H2,(H,15,17);1,6-7H,2,4-5H2/b;3-1-. The lowest BCUT2D eigenvalue weighted by Gasteiger charge is -2.25. The number of carbonyl (C=O) groups is 1. The molecule has 1 aliphatic carbocycles. The van der Waals surface area contributed by atoms with Crippen molar-refractivity contribution < 1.29 is 14.4 Å². The van der Waals surface area contributed by atoms with Crippen molar-refractivity contribution in [3.8, 4) is 11.3 Å². The fourth-order valence-electron chi connectivity index (χ4n) is 2.08. The quantitative estimate of drug-likeness (QED) is 0.400. The van der Waals surface area contributed by atoms with Gasteiger partial charge in [-0.2, -0.15) is 0 Å². The monoisotopic (exact) mass is 345 g/mol. The number of nitrogens with one attached hydrogen (secondary N) is 2. The third kappa shape index (κ3) is 5.33. The van der Waals surface area contributed by atoms with Crippen LogP contribution in [0.15, 0.2) is 52.8 Å². The van der Waals surface area contributed by atoms with Crippen LogP contribution in [0.4, 0.5) is 0 Å². The zero-order chi connectivity index (χ0) is 18.1. The minimum Gasteiger partial charge on any atom is -0.403 e. The summed E-state index contributed by atoms with van der Waals surface area (Å²) in [6, 6.07) is 11.6. The van der Waals surface area contributed by atoms with Gasteiger partial charge in [-0.25, -0.2) is 0 Å². The Morgan fingerprint density at radius 1 is 1.36 bits per heavy atom. The molecule has 25 heavy (non-hydrogen) atoms. The summed E-state index contributed by atoms with van der Waals surface area (Å²) in [6.45, 7) is -0.146. The number of amides is 1. The van der Waals surface area contributed by atoms with Crippen molar-refractivity contribution in [1.29, 1.82) is 0 Å². The maximum Gasteiger partial charge on any atom is 0.273 e. The Morgan fingerprint density at radius 3 is 2.56 bits per heavy atom. The first-order chi connectivity index (χ1) is 12.2. The van der Waals surface area contributed by atoms with Crippen LogP contribution in [-0.4, -0.2) is 28.8 Å². The lowest BCUT2D eigenvalue weighted by molar-refractivity contribution is 0.0908. The molecule has 1 aromatic carbocycles. The molecule has 0 saturated heterocycles. The Labute approximate surface area is 145 Å². The van der Waals surface area contributed by atoms with Gasteiger partial charge in [0.15, 0.2) is 11.5 Å². The van der Waals surface area contributed by atoms with E-state index in [9.17, 15) is 4.79 Å². The van der Waals surface area contributed by atoms with Crippen LogP contribution in [0.5, 0.6) is 0 Å². The third-order valence-electron chi connectivity index (χ3n) is 3.80. The predicted octanol–water partition coefficient (Wildman–Crippen LogP) is 0.866. The molecule has 0 bridgehead atoms. The molecule has 0 spiro atoms. The van der Waals surface area contributed by atoms with Crippen molar-refractivity contribution in [2.45, 2.75) is 25.3 Å². The van der Waals surface area contributed by atoms with E-state index in [-0.39, 0.29) is 12.5 Å². The molecule has 0 atom stereocenters. The summed E-state index contributed by atoms with van der Waals surface area (Å²) in [5.41, 5.74) is 8.81. The maximum atomic E-state index is 11.9. The Balaban J connectivity index is 0.000000277. The van der Waals surface area contributed by atoms with E-state index in [0.29, 0.717) is 23.2 Å². The highest BCUT2D eigenvalue weighted by Gasteiger charge is 2.22. The number of nitrogens with zero attached hydrogens (tertiary/aromatic N) is 1. The van der Waals surface area contributed by atoms with E-state index in [2.05, 4.69) is 15.9 Å². The fourth-order valence-corrected chi connectivity index (χ4v) is 2.08. The molecule has 3 rings (SSSR count). The first-order valence-corrected chi connectivity index (χ1v) is 7.99. The van der Waals surface area contributed by atoms with Crippen molar-refractivity contribution in [2.75, 3.05) is 6.61 Å². The summed E-state index contributed by atoms with van der Waals surface area (Å²) in [5, 5.41) is 15.0. The van der Waals surface area contributed by atoms with Crippen LogP contribution in [0.2, 0.25) is 0 Å². The second-order valence-electron chi connectivity index (χ2n) is 5.54. The average molecular weight is 345 g/mol. The van der Waals surface area contributed by atoms with Gasteiger partial charge in [0.05, 0.1) is 12.3 Å². The predicted molar refractivity (Wildman–Crippen MR) is 93.7 cm³/mol. The van der Waals surface area contributed by atoms with Crippen LogP contribution in [0.3, 0.4) is 0 Å². The largest absolute Gasteiger partial charge is 0.403 e. The number of rotatable bonds is 5. The molecule has 134 valence electrons. The van der Waals surface area contributed by atoms with E-state index in [0.717, 1.165) is 18.4 Å². The van der Waals surface area contributed by atoms with Gasteiger partial charge in [0.2, 0.25) is 0 Å². The molecule has 8 heteroatoms. The van der Waals surface area contributed by atoms with Crippen LogP contribution in [0.25, 0.3) is 11.3 Å². The zero-order valence-electron chi connectivity index (χ0n) is 13.8. The maximum absolute atomic E-state index is 11.9. The summed E-state index contributed by atoms with van der Waals surface area (Å²) in [6.07, 6.45) is 4.53. The summed E-state index contributed by atoms with van der Waals surface area (Å²) < 4.78 is 5.19. The van der Waals surface area contributed by atoms with Crippen molar-refractivity contribution in [3.63, 3.8) is 0 Å². The van der Waals surface area contributed by atoms with Crippen molar-refractivity contribution >= 4 is 5.91 Å². The Kier molecular flexibility index (Phi) is 7.00. The molecule has 0 unspecified atom stereocenters. The minimum absolute atomic E-state index is 0.146. The molecule has 1 fully saturated rings. The van der Waals surface area contributed by atoms with Gasteiger partial charge in [-0.3, -0.25) is 10.6 Å². The second-order valence-corrected chi connectivity index (χ2v) is 5.54. The fraction of sp³-hybridized carbons (Fsp3) is 0.294. The summed E-state index contributed by atoms with van der Waals surface area (Å²) in [4.78, 5) is 11.9. The molecular formula is C17H23N5O3. The minimum atomic E-state index is -0.148. The molecule has 1 amide bonds. The molecule has 7 N–H and O–H groups in total. The van der Waals surface area contributed by atoms with E-state index in [1.807, 2.05) is 30.3 Å². The highest BCUT2D eigenvalue weighted by Crippen LogP contribution is 2.21. The summed E-state index contributed by atoms with van der Waals surface area (Å²) in [5.74, 6) is 5.31. The molecule has 1 saturated carbocycles. The molecule has 2 aromatic rings. The SMILES string of the molecule is N/C=C(/CO)NN.O=C(NC1CCC1)c1cc(-c2ccccc2)on1. The molecule has 1 aromatic heterocycles. The Hall–Kier alpha value is -2.84. The lowest BCUT2D eigenvalue weighted by Crippen LogP contribution is -2.39. The highest BCUT2D eigenvalue weighted by molar-refractivity contribution is 5.93. The molecule has 1 heterocycles.